The van der Waals surface area contributed by atoms with E-state index in [2.05, 4.69) is 4.98 Å². The molecule has 2 aromatic heterocycles. The molecule has 0 saturated heterocycles. The Labute approximate surface area is 189 Å². The number of carbonyl (C=O) groups is 2. The maximum atomic E-state index is 13.6. The summed E-state index contributed by atoms with van der Waals surface area (Å²) in [7, 11) is 0. The van der Waals surface area contributed by atoms with Gasteiger partial charge in [0.1, 0.15) is 11.3 Å². The minimum atomic E-state index is -0.593. The van der Waals surface area contributed by atoms with Crippen LogP contribution in [0, 0.1) is 12.8 Å². The first kappa shape index (κ1) is 23.5. The van der Waals surface area contributed by atoms with Crippen molar-refractivity contribution in [2.24, 2.45) is 5.92 Å². The van der Waals surface area contributed by atoms with Gasteiger partial charge in [0.15, 0.2) is 17.2 Å². The predicted octanol–water partition coefficient (Wildman–Crippen LogP) is 5.38. The van der Waals surface area contributed by atoms with Crippen LogP contribution in [0.2, 0.25) is 0 Å². The summed E-state index contributed by atoms with van der Waals surface area (Å²) in [6.07, 6.45) is 1.98. The van der Waals surface area contributed by atoms with Gasteiger partial charge in [-0.05, 0) is 52.3 Å². The first-order valence-corrected chi connectivity index (χ1v) is 11.0. The van der Waals surface area contributed by atoms with Crippen molar-refractivity contribution in [2.45, 2.75) is 59.5 Å². The van der Waals surface area contributed by atoms with E-state index in [9.17, 15) is 9.59 Å². The van der Waals surface area contributed by atoms with E-state index in [0.29, 0.717) is 29.4 Å². The van der Waals surface area contributed by atoms with Gasteiger partial charge < -0.3 is 9.47 Å². The highest BCUT2D eigenvalue weighted by atomic mass is 16.6. The Kier molecular flexibility index (Phi) is 7.02. The minimum absolute atomic E-state index is 0.0760. The topological polar surface area (TPSA) is 69.9 Å². The normalized spacial score (nSPS) is 13.6. The first-order chi connectivity index (χ1) is 15.1. The number of benzene rings is 1. The number of hydrogen-bond donors (Lipinski definition) is 0. The third-order valence-corrected chi connectivity index (χ3v) is 5.37. The van der Waals surface area contributed by atoms with Gasteiger partial charge in [0.2, 0.25) is 0 Å². The van der Waals surface area contributed by atoms with Crippen LogP contribution in [0.15, 0.2) is 48.7 Å². The first-order valence-electron chi connectivity index (χ1n) is 11.0. The van der Waals surface area contributed by atoms with E-state index in [1.165, 1.54) is 0 Å². The third-order valence-electron chi connectivity index (χ3n) is 5.37. The number of aryl methyl sites for hydroxylation is 1. The second-order valence-corrected chi connectivity index (χ2v) is 9.01. The molecule has 3 aromatic rings. The lowest BCUT2D eigenvalue weighted by atomic mass is 9.82. The van der Waals surface area contributed by atoms with Crippen LogP contribution in [-0.2, 0) is 9.53 Å². The van der Waals surface area contributed by atoms with Gasteiger partial charge in [-0.15, -0.1) is 0 Å². The molecule has 0 spiro atoms. The van der Waals surface area contributed by atoms with Crippen molar-refractivity contribution in [2.75, 3.05) is 6.61 Å². The zero-order valence-corrected chi connectivity index (χ0v) is 19.7. The van der Waals surface area contributed by atoms with Crippen LogP contribution in [0.4, 0.5) is 0 Å². The number of Topliss-reactive ketones (excluding diaryl/α,β-unsaturated/α-hetero) is 1. The van der Waals surface area contributed by atoms with Gasteiger partial charge in [0.25, 0.3) is 0 Å². The van der Waals surface area contributed by atoms with E-state index in [-0.39, 0.29) is 24.1 Å². The highest BCUT2D eigenvalue weighted by Crippen LogP contribution is 2.32. The van der Waals surface area contributed by atoms with Gasteiger partial charge >= 0.3 is 5.97 Å². The number of rotatable bonds is 8. The molecule has 2 heterocycles. The summed E-state index contributed by atoms with van der Waals surface area (Å²) in [5.41, 5.74) is 2.11. The molecule has 0 bridgehead atoms. The molecule has 3 rings (SSSR count). The molecule has 2 atom stereocenters. The smallest absolute Gasteiger partial charge is 0.309 e. The van der Waals surface area contributed by atoms with Crippen molar-refractivity contribution >= 4 is 17.4 Å². The molecule has 32 heavy (non-hydrogen) atoms. The second kappa shape index (κ2) is 9.55. The molecule has 6 nitrogen and oxygen atoms in total. The highest BCUT2D eigenvalue weighted by Gasteiger charge is 2.32. The number of fused-ring (bicyclic) bond motifs is 1. The van der Waals surface area contributed by atoms with Crippen molar-refractivity contribution in [1.29, 1.82) is 0 Å². The molecule has 0 aliphatic rings. The lowest BCUT2D eigenvalue weighted by molar-refractivity contribution is -0.160. The quantitative estimate of drug-likeness (QED) is 0.350. The maximum absolute atomic E-state index is 13.6. The minimum Gasteiger partial charge on any atom is -0.490 e. The fourth-order valence-corrected chi connectivity index (χ4v) is 3.90. The molecule has 170 valence electrons. The molecule has 0 N–H and O–H groups in total. The van der Waals surface area contributed by atoms with E-state index >= 15 is 0 Å². The summed E-state index contributed by atoms with van der Waals surface area (Å²) < 4.78 is 13.1. The summed E-state index contributed by atoms with van der Waals surface area (Å²) in [5.74, 6) is -0.558. The highest BCUT2D eigenvalue weighted by molar-refractivity contribution is 5.97. The number of aromatic nitrogens is 2. The number of pyridine rings is 1. The number of nitrogens with zero attached hydrogens (tertiary/aromatic N) is 2. The molecule has 0 saturated carbocycles. The predicted molar refractivity (Wildman–Crippen MR) is 124 cm³/mol. The zero-order chi connectivity index (χ0) is 23.5. The summed E-state index contributed by atoms with van der Waals surface area (Å²) in [6, 6.07) is 13.3. The van der Waals surface area contributed by atoms with Crippen LogP contribution < -0.4 is 4.74 Å². The van der Waals surface area contributed by atoms with E-state index < -0.39 is 11.5 Å². The SMILES string of the molecule is CCOc1cccn2c(C(=O)C[C@H](c3ccccc3)[C@H](C)C(=O)OC(C)(C)C)c(C)nc12. The Bertz CT molecular complexity index is 1100. The van der Waals surface area contributed by atoms with Gasteiger partial charge in [-0.2, -0.15) is 0 Å². The lowest BCUT2D eigenvalue weighted by Crippen LogP contribution is -2.31. The fraction of sp³-hybridized carbons (Fsp3) is 0.423. The molecule has 1 aromatic carbocycles. The van der Waals surface area contributed by atoms with E-state index in [1.54, 1.807) is 4.40 Å². The Hall–Kier alpha value is -3.15. The molecule has 0 radical (unpaired) electrons. The molecular formula is C26H32N2O4. The molecule has 0 amide bonds. The second-order valence-electron chi connectivity index (χ2n) is 9.01. The van der Waals surface area contributed by atoms with Crippen LogP contribution in [0.3, 0.4) is 0 Å². The Morgan fingerprint density at radius 2 is 1.78 bits per heavy atom. The van der Waals surface area contributed by atoms with Gasteiger partial charge in [0.05, 0.1) is 18.2 Å². The van der Waals surface area contributed by atoms with Crippen molar-refractivity contribution in [3.8, 4) is 5.75 Å². The molecular weight excluding hydrogens is 404 g/mol. The van der Waals surface area contributed by atoms with Crippen molar-refractivity contribution in [1.82, 2.24) is 9.38 Å². The average molecular weight is 437 g/mol. The number of esters is 1. The van der Waals surface area contributed by atoms with E-state index in [1.807, 2.05) is 90.2 Å². The zero-order valence-electron chi connectivity index (χ0n) is 19.7. The number of carbonyl (C=O) groups excluding carboxylic acids is 2. The van der Waals surface area contributed by atoms with Gasteiger partial charge in [0, 0.05) is 18.5 Å². The molecule has 0 fully saturated rings. The Morgan fingerprint density at radius 1 is 1.09 bits per heavy atom. The summed E-state index contributed by atoms with van der Waals surface area (Å²) >= 11 is 0. The maximum Gasteiger partial charge on any atom is 0.309 e. The third kappa shape index (κ3) is 5.18. The van der Waals surface area contributed by atoms with Crippen LogP contribution in [0.25, 0.3) is 5.65 Å². The van der Waals surface area contributed by atoms with Gasteiger partial charge in [-0.25, -0.2) is 4.98 Å². The lowest BCUT2D eigenvalue weighted by Gasteiger charge is -2.27. The summed E-state index contributed by atoms with van der Waals surface area (Å²) in [4.78, 5) is 31.0. The summed E-state index contributed by atoms with van der Waals surface area (Å²) in [6.45, 7) is 11.6. The van der Waals surface area contributed by atoms with Crippen LogP contribution in [0.5, 0.6) is 5.75 Å². The Balaban J connectivity index is 1.97. The average Bonchev–Trinajstić information content (AvgIpc) is 3.08. The largest absolute Gasteiger partial charge is 0.490 e. The number of hydrogen-bond acceptors (Lipinski definition) is 5. The van der Waals surface area contributed by atoms with E-state index in [0.717, 1.165) is 5.56 Å². The van der Waals surface area contributed by atoms with Crippen LogP contribution in [0.1, 0.15) is 68.7 Å². The molecule has 6 heteroatoms. The molecule has 0 unspecified atom stereocenters. The van der Waals surface area contributed by atoms with Gasteiger partial charge in [-0.3, -0.25) is 14.0 Å². The monoisotopic (exact) mass is 436 g/mol. The Morgan fingerprint density at radius 3 is 2.41 bits per heavy atom. The number of imidazole rings is 1. The number of ketones is 1. The van der Waals surface area contributed by atoms with Crippen LogP contribution >= 0.6 is 0 Å². The molecule has 0 aliphatic carbocycles. The molecule has 0 aliphatic heterocycles. The van der Waals surface area contributed by atoms with Crippen molar-refractivity contribution < 1.29 is 19.1 Å². The van der Waals surface area contributed by atoms with E-state index in [4.69, 9.17) is 9.47 Å². The fourth-order valence-electron chi connectivity index (χ4n) is 3.90. The van der Waals surface area contributed by atoms with Gasteiger partial charge in [-0.1, -0.05) is 37.3 Å². The summed E-state index contributed by atoms with van der Waals surface area (Å²) in [5, 5.41) is 0. The standard InChI is InChI=1S/C26H32N2O4/c1-7-31-22-14-11-15-28-23(18(3)27-24(22)28)21(29)16-20(19-12-9-8-10-13-19)17(2)25(30)32-26(4,5)6/h8-15,17,20H,7,16H2,1-6H3/t17-,20-/m0/s1. The van der Waals surface area contributed by atoms with Crippen molar-refractivity contribution in [3.63, 3.8) is 0 Å². The van der Waals surface area contributed by atoms with Crippen molar-refractivity contribution in [3.05, 3.63) is 65.6 Å². The van der Waals surface area contributed by atoms with Crippen LogP contribution in [-0.4, -0.2) is 33.3 Å². The number of ether oxygens (including phenoxy) is 2.